The lowest BCUT2D eigenvalue weighted by atomic mass is 10.3. The number of aryl methyl sites for hydroxylation is 1. The normalized spacial score (nSPS) is 15.6. The lowest BCUT2D eigenvalue weighted by Gasteiger charge is -2.07. The first-order valence-corrected chi connectivity index (χ1v) is 8.97. The highest BCUT2D eigenvalue weighted by Gasteiger charge is 2.20. The van der Waals surface area contributed by atoms with Gasteiger partial charge < -0.3 is 9.88 Å². The van der Waals surface area contributed by atoms with Crippen molar-refractivity contribution in [3.05, 3.63) is 18.7 Å². The van der Waals surface area contributed by atoms with Crippen LogP contribution in [0.4, 0.5) is 0 Å². The molecule has 0 atom stereocenters. The first-order chi connectivity index (χ1) is 9.66. The Morgan fingerprint density at radius 2 is 2.05 bits per heavy atom. The van der Waals surface area contributed by atoms with E-state index in [1.54, 1.807) is 12.5 Å². The highest BCUT2D eigenvalue weighted by atomic mass is 32.2. The molecule has 7 heteroatoms. The first-order valence-electron chi connectivity index (χ1n) is 7.32. The van der Waals surface area contributed by atoms with Crippen LogP contribution in [0.15, 0.2) is 18.7 Å². The Hall–Kier alpha value is -0.920. The average Bonchev–Trinajstić information content (AvgIpc) is 3.09. The van der Waals surface area contributed by atoms with Gasteiger partial charge in [0.05, 0.1) is 12.1 Å². The number of hydrogen-bond donors (Lipinski definition) is 2. The van der Waals surface area contributed by atoms with Crippen molar-refractivity contribution in [3.8, 4) is 0 Å². The molecule has 0 aromatic carbocycles. The fourth-order valence-corrected chi connectivity index (χ4v) is 3.12. The van der Waals surface area contributed by atoms with Gasteiger partial charge in [0.1, 0.15) is 0 Å². The van der Waals surface area contributed by atoms with Gasteiger partial charge in [-0.1, -0.05) is 0 Å². The molecule has 0 saturated heterocycles. The van der Waals surface area contributed by atoms with E-state index in [4.69, 9.17) is 0 Å². The third-order valence-corrected chi connectivity index (χ3v) is 4.79. The topological polar surface area (TPSA) is 76.0 Å². The van der Waals surface area contributed by atoms with Gasteiger partial charge >= 0.3 is 0 Å². The molecule has 0 unspecified atom stereocenters. The zero-order valence-corrected chi connectivity index (χ0v) is 12.6. The molecule has 20 heavy (non-hydrogen) atoms. The van der Waals surface area contributed by atoms with Crippen LogP contribution in [-0.2, 0) is 16.6 Å². The van der Waals surface area contributed by atoms with Crippen molar-refractivity contribution in [1.82, 2.24) is 19.6 Å². The van der Waals surface area contributed by atoms with Gasteiger partial charge in [-0.25, -0.2) is 18.1 Å². The van der Waals surface area contributed by atoms with Crippen LogP contribution in [0.3, 0.4) is 0 Å². The third-order valence-electron chi connectivity index (χ3n) is 3.32. The van der Waals surface area contributed by atoms with E-state index in [9.17, 15) is 8.42 Å². The molecular weight excluding hydrogens is 276 g/mol. The van der Waals surface area contributed by atoms with Gasteiger partial charge in [0.25, 0.3) is 0 Å². The van der Waals surface area contributed by atoms with Crippen LogP contribution in [-0.4, -0.2) is 42.9 Å². The summed E-state index contributed by atoms with van der Waals surface area (Å²) < 4.78 is 28.1. The summed E-state index contributed by atoms with van der Waals surface area (Å²) in [5.41, 5.74) is 0. The summed E-state index contributed by atoms with van der Waals surface area (Å²) in [6.07, 6.45) is 10.4. The molecule has 0 radical (unpaired) electrons. The van der Waals surface area contributed by atoms with E-state index in [2.05, 4.69) is 15.0 Å². The van der Waals surface area contributed by atoms with Gasteiger partial charge in [0, 0.05) is 31.5 Å². The number of imidazole rings is 1. The Balaban J connectivity index is 1.48. The molecule has 0 amide bonds. The number of nitrogens with one attached hydrogen (secondary N) is 2. The molecule has 1 fully saturated rings. The minimum Gasteiger partial charge on any atom is -0.337 e. The van der Waals surface area contributed by atoms with Gasteiger partial charge in [-0.2, -0.15) is 0 Å². The molecular formula is C13H24N4O2S. The third kappa shape index (κ3) is 6.49. The van der Waals surface area contributed by atoms with Crippen LogP contribution in [0.25, 0.3) is 0 Å². The van der Waals surface area contributed by atoms with E-state index >= 15 is 0 Å². The summed E-state index contributed by atoms with van der Waals surface area (Å²) in [6, 6.07) is 0.647. The summed E-state index contributed by atoms with van der Waals surface area (Å²) >= 11 is 0. The van der Waals surface area contributed by atoms with Gasteiger partial charge in [-0.05, 0) is 38.6 Å². The summed E-state index contributed by atoms with van der Waals surface area (Å²) in [5, 5.41) is 3.32. The molecule has 1 heterocycles. The summed E-state index contributed by atoms with van der Waals surface area (Å²) in [5.74, 6) is 0.217. The molecule has 0 bridgehead atoms. The second-order valence-electron chi connectivity index (χ2n) is 5.30. The Morgan fingerprint density at radius 1 is 1.20 bits per heavy atom. The van der Waals surface area contributed by atoms with Crippen molar-refractivity contribution in [2.45, 2.75) is 44.7 Å². The zero-order valence-electron chi connectivity index (χ0n) is 11.8. The van der Waals surface area contributed by atoms with Gasteiger partial charge in [0.2, 0.25) is 10.0 Å². The van der Waals surface area contributed by atoms with E-state index in [1.165, 1.54) is 12.8 Å². The predicted molar refractivity (Wildman–Crippen MR) is 78.9 cm³/mol. The van der Waals surface area contributed by atoms with Crippen LogP contribution < -0.4 is 10.0 Å². The molecule has 114 valence electrons. The second kappa shape index (κ2) is 7.75. The number of rotatable bonds is 11. The first kappa shape index (κ1) is 15.5. The number of nitrogens with zero attached hydrogens (tertiary/aromatic N) is 2. The SMILES string of the molecule is O=S(=O)(CCCNC1CC1)NCCCCn1ccnc1. The van der Waals surface area contributed by atoms with E-state index in [0.717, 1.165) is 25.9 Å². The highest BCUT2D eigenvalue weighted by molar-refractivity contribution is 7.89. The standard InChI is InChI=1S/C13H24N4O2S/c18-20(19,11-3-6-15-13-4-5-13)16-7-1-2-9-17-10-8-14-12-17/h8,10,12-13,15-16H,1-7,9,11H2. The van der Waals surface area contributed by atoms with Gasteiger partial charge in [-0.3, -0.25) is 0 Å². The summed E-state index contributed by atoms with van der Waals surface area (Å²) in [4.78, 5) is 3.96. The Morgan fingerprint density at radius 3 is 2.75 bits per heavy atom. The maximum atomic E-state index is 11.7. The molecule has 1 aliphatic rings. The van der Waals surface area contributed by atoms with E-state index < -0.39 is 10.0 Å². The fourth-order valence-electron chi connectivity index (χ4n) is 1.99. The van der Waals surface area contributed by atoms with Crippen molar-refractivity contribution in [2.24, 2.45) is 0 Å². The zero-order chi connectivity index (χ0) is 14.3. The van der Waals surface area contributed by atoms with E-state index in [1.807, 2.05) is 10.8 Å². The molecule has 1 aromatic heterocycles. The van der Waals surface area contributed by atoms with Crippen molar-refractivity contribution in [3.63, 3.8) is 0 Å². The van der Waals surface area contributed by atoms with Crippen molar-refractivity contribution in [2.75, 3.05) is 18.8 Å². The minimum atomic E-state index is -3.10. The number of sulfonamides is 1. The van der Waals surface area contributed by atoms with Crippen LogP contribution >= 0.6 is 0 Å². The predicted octanol–water partition coefficient (Wildman–Crippen LogP) is 0.725. The smallest absolute Gasteiger partial charge is 0.211 e. The Labute approximate surface area is 121 Å². The number of unbranched alkanes of at least 4 members (excludes halogenated alkanes) is 1. The molecule has 0 spiro atoms. The quantitative estimate of drug-likeness (QED) is 0.591. The van der Waals surface area contributed by atoms with E-state index in [0.29, 0.717) is 19.0 Å². The largest absolute Gasteiger partial charge is 0.337 e. The molecule has 1 saturated carbocycles. The maximum absolute atomic E-state index is 11.7. The van der Waals surface area contributed by atoms with Crippen LogP contribution in [0, 0.1) is 0 Å². The van der Waals surface area contributed by atoms with Crippen molar-refractivity contribution in [1.29, 1.82) is 0 Å². The van der Waals surface area contributed by atoms with Crippen LogP contribution in [0.2, 0.25) is 0 Å². The maximum Gasteiger partial charge on any atom is 0.211 e. The molecule has 6 nitrogen and oxygen atoms in total. The van der Waals surface area contributed by atoms with E-state index in [-0.39, 0.29) is 5.75 Å². The van der Waals surface area contributed by atoms with Crippen LogP contribution in [0.1, 0.15) is 32.1 Å². The lowest BCUT2D eigenvalue weighted by molar-refractivity contribution is 0.561. The molecule has 1 aromatic rings. The summed E-state index contributed by atoms with van der Waals surface area (Å²) in [7, 11) is -3.10. The van der Waals surface area contributed by atoms with Crippen molar-refractivity contribution < 1.29 is 8.42 Å². The number of aromatic nitrogens is 2. The highest BCUT2D eigenvalue weighted by Crippen LogP contribution is 2.18. The molecule has 2 rings (SSSR count). The van der Waals surface area contributed by atoms with Gasteiger partial charge in [-0.15, -0.1) is 0 Å². The second-order valence-corrected chi connectivity index (χ2v) is 7.23. The fraction of sp³-hybridized carbons (Fsp3) is 0.769. The monoisotopic (exact) mass is 300 g/mol. The van der Waals surface area contributed by atoms with Gasteiger partial charge in [0.15, 0.2) is 0 Å². The lowest BCUT2D eigenvalue weighted by Crippen LogP contribution is -2.29. The molecule has 1 aliphatic carbocycles. The van der Waals surface area contributed by atoms with Crippen molar-refractivity contribution >= 4 is 10.0 Å². The molecule has 0 aliphatic heterocycles. The minimum absolute atomic E-state index is 0.217. The average molecular weight is 300 g/mol. The molecule has 2 N–H and O–H groups in total. The Bertz CT molecular complexity index is 469. The number of hydrogen-bond acceptors (Lipinski definition) is 4. The van der Waals surface area contributed by atoms with Crippen LogP contribution in [0.5, 0.6) is 0 Å². The Kier molecular flexibility index (Phi) is 6.00. The summed E-state index contributed by atoms with van der Waals surface area (Å²) in [6.45, 7) is 2.20.